The van der Waals surface area contributed by atoms with Gasteiger partial charge in [-0.15, -0.1) is 11.8 Å². The molecular formula is C11H12ClNO4S. The van der Waals surface area contributed by atoms with Crippen LogP contribution in [-0.4, -0.2) is 35.6 Å². The van der Waals surface area contributed by atoms with Crippen molar-refractivity contribution in [3.05, 3.63) is 23.2 Å². The van der Waals surface area contributed by atoms with Gasteiger partial charge in [0.1, 0.15) is 5.75 Å². The number of nitrogens with one attached hydrogen (secondary N) is 1. The number of carbonyl (C=O) groups is 2. The van der Waals surface area contributed by atoms with Gasteiger partial charge in [0, 0.05) is 5.02 Å². The van der Waals surface area contributed by atoms with Crippen molar-refractivity contribution < 1.29 is 19.4 Å². The number of halogens is 1. The highest BCUT2D eigenvalue weighted by Gasteiger charge is 2.09. The number of carboxylic acid groups (broad SMARTS) is 1. The second-order valence-corrected chi connectivity index (χ2v) is 4.70. The summed E-state index contributed by atoms with van der Waals surface area (Å²) >= 11 is 6.83. The first kappa shape index (κ1) is 14.7. The SMILES string of the molecule is COc1ccc(Cl)cc1NC(=O)CSCC(=O)O. The molecule has 0 atom stereocenters. The highest BCUT2D eigenvalue weighted by Crippen LogP contribution is 2.27. The van der Waals surface area contributed by atoms with Crippen molar-refractivity contribution in [1.29, 1.82) is 0 Å². The number of aliphatic carboxylic acids is 1. The van der Waals surface area contributed by atoms with Gasteiger partial charge >= 0.3 is 5.97 Å². The minimum absolute atomic E-state index is 0.0575. The topological polar surface area (TPSA) is 75.6 Å². The number of methoxy groups -OCH3 is 1. The van der Waals surface area contributed by atoms with Gasteiger partial charge in [0.25, 0.3) is 0 Å². The monoisotopic (exact) mass is 289 g/mol. The largest absolute Gasteiger partial charge is 0.495 e. The number of carbonyl (C=O) groups excluding carboxylic acids is 1. The Bertz CT molecular complexity index is 453. The van der Waals surface area contributed by atoms with Crippen LogP contribution in [0.4, 0.5) is 5.69 Å². The lowest BCUT2D eigenvalue weighted by Crippen LogP contribution is -2.16. The lowest BCUT2D eigenvalue weighted by molar-refractivity contribution is -0.133. The van der Waals surface area contributed by atoms with E-state index < -0.39 is 5.97 Å². The molecule has 0 radical (unpaired) electrons. The van der Waals surface area contributed by atoms with Crippen LogP contribution in [0.15, 0.2) is 18.2 Å². The number of anilines is 1. The molecule has 0 spiro atoms. The molecule has 2 N–H and O–H groups in total. The molecule has 18 heavy (non-hydrogen) atoms. The number of benzene rings is 1. The molecule has 0 aliphatic rings. The minimum atomic E-state index is -0.951. The molecule has 0 saturated heterocycles. The average Bonchev–Trinajstić information content (AvgIpc) is 2.28. The Morgan fingerprint density at radius 2 is 2.17 bits per heavy atom. The van der Waals surface area contributed by atoms with Crippen LogP contribution in [0.1, 0.15) is 0 Å². The molecule has 0 fully saturated rings. The van der Waals surface area contributed by atoms with Crippen LogP contribution in [0.25, 0.3) is 0 Å². The second-order valence-electron chi connectivity index (χ2n) is 3.28. The Morgan fingerprint density at radius 1 is 1.44 bits per heavy atom. The Kier molecular flexibility index (Phi) is 5.80. The highest BCUT2D eigenvalue weighted by atomic mass is 35.5. The summed E-state index contributed by atoms with van der Waals surface area (Å²) in [5.74, 6) is -0.812. The van der Waals surface area contributed by atoms with Gasteiger partial charge < -0.3 is 15.2 Å². The fourth-order valence-corrected chi connectivity index (χ4v) is 1.90. The molecule has 1 amide bonds. The van der Waals surface area contributed by atoms with Gasteiger partial charge in [-0.3, -0.25) is 9.59 Å². The van der Waals surface area contributed by atoms with Crippen molar-refractivity contribution in [1.82, 2.24) is 0 Å². The molecule has 0 saturated carbocycles. The van der Waals surface area contributed by atoms with Crippen molar-refractivity contribution in [2.45, 2.75) is 0 Å². The molecule has 7 heteroatoms. The van der Waals surface area contributed by atoms with Crippen molar-refractivity contribution >= 4 is 40.9 Å². The van der Waals surface area contributed by atoms with E-state index >= 15 is 0 Å². The summed E-state index contributed by atoms with van der Waals surface area (Å²) in [5.41, 5.74) is 0.464. The molecule has 0 bridgehead atoms. The van der Waals surface area contributed by atoms with Crippen molar-refractivity contribution in [2.24, 2.45) is 0 Å². The first-order valence-corrected chi connectivity index (χ1v) is 6.49. The molecule has 1 aromatic carbocycles. The van der Waals surface area contributed by atoms with E-state index in [1.54, 1.807) is 18.2 Å². The van der Waals surface area contributed by atoms with E-state index in [9.17, 15) is 9.59 Å². The summed E-state index contributed by atoms with van der Waals surface area (Å²) in [4.78, 5) is 21.8. The fourth-order valence-electron chi connectivity index (χ4n) is 1.20. The standard InChI is InChI=1S/C11H12ClNO4S/c1-17-9-3-2-7(12)4-8(9)13-10(14)5-18-6-11(15)16/h2-4H,5-6H2,1H3,(H,13,14)(H,15,16). The summed E-state index contributed by atoms with van der Waals surface area (Å²) in [5, 5.41) is 11.5. The number of ether oxygens (including phenoxy) is 1. The third kappa shape index (κ3) is 4.85. The van der Waals surface area contributed by atoms with Gasteiger partial charge in [-0.25, -0.2) is 0 Å². The Hall–Kier alpha value is -1.40. The molecule has 0 heterocycles. The highest BCUT2D eigenvalue weighted by molar-refractivity contribution is 8.00. The van der Waals surface area contributed by atoms with E-state index in [1.165, 1.54) is 7.11 Å². The molecular weight excluding hydrogens is 278 g/mol. The molecule has 1 rings (SSSR count). The zero-order chi connectivity index (χ0) is 13.5. The van der Waals surface area contributed by atoms with E-state index in [0.29, 0.717) is 16.5 Å². The molecule has 0 unspecified atom stereocenters. The summed E-state index contributed by atoms with van der Waals surface area (Å²) in [7, 11) is 1.48. The number of hydrogen-bond acceptors (Lipinski definition) is 4. The van der Waals surface area contributed by atoms with E-state index in [4.69, 9.17) is 21.4 Å². The van der Waals surface area contributed by atoms with Gasteiger partial charge in [0.15, 0.2) is 0 Å². The molecule has 1 aromatic rings. The molecule has 98 valence electrons. The van der Waals surface area contributed by atoms with Gasteiger partial charge in [-0.2, -0.15) is 0 Å². The summed E-state index contributed by atoms with van der Waals surface area (Å²) < 4.78 is 5.07. The van der Waals surface area contributed by atoms with Gasteiger partial charge in [0.2, 0.25) is 5.91 Å². The van der Waals surface area contributed by atoms with Crippen molar-refractivity contribution in [2.75, 3.05) is 23.9 Å². The summed E-state index contributed by atoms with van der Waals surface area (Å²) in [6, 6.07) is 4.86. The Morgan fingerprint density at radius 3 is 2.78 bits per heavy atom. The smallest absolute Gasteiger partial charge is 0.313 e. The fraction of sp³-hybridized carbons (Fsp3) is 0.273. The van der Waals surface area contributed by atoms with Crippen LogP contribution in [0.3, 0.4) is 0 Å². The first-order valence-electron chi connectivity index (χ1n) is 4.96. The predicted octanol–water partition coefficient (Wildman–Crippen LogP) is 2.10. The maximum absolute atomic E-state index is 11.5. The van der Waals surface area contributed by atoms with E-state index in [0.717, 1.165) is 11.8 Å². The zero-order valence-electron chi connectivity index (χ0n) is 9.60. The summed E-state index contributed by atoms with van der Waals surface area (Å²) in [6.07, 6.45) is 0. The maximum Gasteiger partial charge on any atom is 0.313 e. The third-order valence-corrected chi connectivity index (χ3v) is 3.05. The minimum Gasteiger partial charge on any atom is -0.495 e. The maximum atomic E-state index is 11.5. The van der Waals surface area contributed by atoms with E-state index in [1.807, 2.05) is 0 Å². The average molecular weight is 290 g/mol. The predicted molar refractivity (Wildman–Crippen MR) is 71.6 cm³/mol. The number of rotatable bonds is 6. The van der Waals surface area contributed by atoms with Crippen LogP contribution in [-0.2, 0) is 9.59 Å². The first-order chi connectivity index (χ1) is 8.52. The Labute approximate surface area is 113 Å². The van der Waals surface area contributed by atoms with Crippen LogP contribution in [0.2, 0.25) is 5.02 Å². The van der Waals surface area contributed by atoms with E-state index in [-0.39, 0.29) is 17.4 Å². The van der Waals surface area contributed by atoms with Crippen LogP contribution in [0, 0.1) is 0 Å². The van der Waals surface area contributed by atoms with Gasteiger partial charge in [0.05, 0.1) is 24.3 Å². The van der Waals surface area contributed by atoms with Crippen LogP contribution >= 0.6 is 23.4 Å². The summed E-state index contributed by atoms with van der Waals surface area (Å²) in [6.45, 7) is 0. The van der Waals surface area contributed by atoms with Gasteiger partial charge in [-0.05, 0) is 18.2 Å². The second kappa shape index (κ2) is 7.13. The van der Waals surface area contributed by atoms with Crippen molar-refractivity contribution in [3.8, 4) is 5.75 Å². The normalized spacial score (nSPS) is 9.89. The zero-order valence-corrected chi connectivity index (χ0v) is 11.2. The molecule has 0 aromatic heterocycles. The molecule has 0 aliphatic carbocycles. The number of hydrogen-bond donors (Lipinski definition) is 2. The van der Waals surface area contributed by atoms with E-state index in [2.05, 4.69) is 5.32 Å². The van der Waals surface area contributed by atoms with Gasteiger partial charge in [-0.1, -0.05) is 11.6 Å². The third-order valence-electron chi connectivity index (χ3n) is 1.89. The van der Waals surface area contributed by atoms with Crippen molar-refractivity contribution in [3.63, 3.8) is 0 Å². The number of amides is 1. The van der Waals surface area contributed by atoms with Crippen LogP contribution < -0.4 is 10.1 Å². The number of thioether (sulfide) groups is 1. The lowest BCUT2D eigenvalue weighted by Gasteiger charge is -2.10. The number of carboxylic acids is 1. The molecule has 0 aliphatic heterocycles. The quantitative estimate of drug-likeness (QED) is 0.839. The lowest BCUT2D eigenvalue weighted by atomic mass is 10.3. The van der Waals surface area contributed by atoms with Crippen LogP contribution in [0.5, 0.6) is 5.75 Å². The molecule has 5 nitrogen and oxygen atoms in total. The Balaban J connectivity index is 2.58.